The van der Waals surface area contributed by atoms with Crippen LogP contribution in [0.25, 0.3) is 0 Å². The van der Waals surface area contributed by atoms with E-state index in [1.807, 2.05) is 0 Å². The first-order chi connectivity index (χ1) is 10.2. The normalized spacial score (nSPS) is 28.7. The molecule has 0 radical (unpaired) electrons. The highest BCUT2D eigenvalue weighted by Crippen LogP contribution is 2.30. The van der Waals surface area contributed by atoms with E-state index in [9.17, 15) is 0 Å². The molecule has 1 aromatic rings. The van der Waals surface area contributed by atoms with Crippen molar-refractivity contribution in [1.29, 1.82) is 0 Å². The first-order valence-corrected chi connectivity index (χ1v) is 8.75. The number of nitrogens with two attached hydrogens (primary N) is 1. The fourth-order valence-electron chi connectivity index (χ4n) is 4.28. The maximum atomic E-state index is 6.35. The molecule has 1 aliphatic heterocycles. The third-order valence-corrected chi connectivity index (χ3v) is 5.31. The molecular weight excluding hydrogens is 256 g/mol. The van der Waals surface area contributed by atoms with Gasteiger partial charge in [0.25, 0.3) is 0 Å². The van der Waals surface area contributed by atoms with Gasteiger partial charge in [0, 0.05) is 25.7 Å². The largest absolute Gasteiger partial charge is 0.327 e. The van der Waals surface area contributed by atoms with Gasteiger partial charge < -0.3 is 10.6 Å². The summed E-state index contributed by atoms with van der Waals surface area (Å²) in [6.45, 7) is 5.76. The highest BCUT2D eigenvalue weighted by atomic mass is 15.2. The highest BCUT2D eigenvalue weighted by molar-refractivity contribution is 5.26. The summed E-state index contributed by atoms with van der Waals surface area (Å²) < 4.78 is 0. The van der Waals surface area contributed by atoms with Gasteiger partial charge in [-0.15, -0.1) is 0 Å². The number of hydrogen-bond donors (Lipinski definition) is 1. The Labute approximate surface area is 129 Å². The number of rotatable bonds is 3. The molecule has 2 N–H and O–H groups in total. The van der Waals surface area contributed by atoms with Crippen molar-refractivity contribution < 1.29 is 0 Å². The topological polar surface area (TPSA) is 29.3 Å². The number of aryl methyl sites for hydroxylation is 1. The third kappa shape index (κ3) is 4.08. The van der Waals surface area contributed by atoms with Gasteiger partial charge in [0.1, 0.15) is 0 Å². The maximum Gasteiger partial charge on any atom is 0.0174 e. The van der Waals surface area contributed by atoms with E-state index in [0.717, 1.165) is 18.9 Å². The fraction of sp³-hybridized carbons (Fsp3) is 0.684. The zero-order chi connectivity index (χ0) is 14.7. The van der Waals surface area contributed by atoms with Crippen LogP contribution >= 0.6 is 0 Å². The van der Waals surface area contributed by atoms with E-state index in [4.69, 9.17) is 5.73 Å². The minimum Gasteiger partial charge on any atom is -0.327 e. The monoisotopic (exact) mass is 286 g/mol. The maximum absolute atomic E-state index is 6.35. The molecule has 0 spiro atoms. The molecule has 2 unspecified atom stereocenters. The Bertz CT molecular complexity index is 451. The lowest BCUT2D eigenvalue weighted by molar-refractivity contribution is 0.147. The number of piperidine rings is 1. The average molecular weight is 286 g/mol. The molecule has 0 amide bonds. The van der Waals surface area contributed by atoms with Crippen LogP contribution in [0.4, 0.5) is 0 Å². The molecule has 3 rings (SSSR count). The van der Waals surface area contributed by atoms with Crippen LogP contribution in [0.5, 0.6) is 0 Å². The Hall–Kier alpha value is -0.860. The van der Waals surface area contributed by atoms with Crippen LogP contribution in [-0.2, 0) is 0 Å². The molecule has 2 aliphatic rings. The van der Waals surface area contributed by atoms with Crippen molar-refractivity contribution in [2.75, 3.05) is 19.6 Å². The molecule has 1 saturated carbocycles. The Kier molecular flexibility index (Phi) is 4.97. The number of nitrogens with zero attached hydrogens (tertiary/aromatic N) is 1. The lowest BCUT2D eigenvalue weighted by atomic mass is 9.85. The van der Waals surface area contributed by atoms with E-state index in [1.54, 1.807) is 0 Å². The van der Waals surface area contributed by atoms with Crippen molar-refractivity contribution in [1.82, 2.24) is 4.90 Å². The number of likely N-dealkylation sites (tertiary alicyclic amines) is 1. The standard InChI is InChI=1S/C19H30N2/c1-15-6-5-9-17(10-15)18-11-19(20)14-21(13-18)12-16-7-3-2-4-8-16/h5-6,9-10,16,18-19H,2-4,7-8,11-14,20H2,1H3. The van der Waals surface area contributed by atoms with Crippen molar-refractivity contribution in [3.63, 3.8) is 0 Å². The highest BCUT2D eigenvalue weighted by Gasteiger charge is 2.28. The van der Waals surface area contributed by atoms with Gasteiger partial charge in [-0.05, 0) is 43.6 Å². The van der Waals surface area contributed by atoms with Crippen LogP contribution < -0.4 is 5.73 Å². The van der Waals surface area contributed by atoms with Crippen molar-refractivity contribution >= 4 is 0 Å². The molecule has 0 aromatic heterocycles. The molecule has 2 fully saturated rings. The second kappa shape index (κ2) is 6.93. The first kappa shape index (κ1) is 15.1. The molecule has 2 atom stereocenters. The minimum atomic E-state index is 0.341. The molecule has 21 heavy (non-hydrogen) atoms. The summed E-state index contributed by atoms with van der Waals surface area (Å²) in [7, 11) is 0. The van der Waals surface area contributed by atoms with E-state index in [2.05, 4.69) is 36.1 Å². The van der Waals surface area contributed by atoms with Gasteiger partial charge in [0.15, 0.2) is 0 Å². The van der Waals surface area contributed by atoms with Crippen LogP contribution in [0.15, 0.2) is 24.3 Å². The SMILES string of the molecule is Cc1cccc(C2CC(N)CN(CC3CCCCC3)C2)c1. The van der Waals surface area contributed by atoms with E-state index >= 15 is 0 Å². The summed E-state index contributed by atoms with van der Waals surface area (Å²) in [5.41, 5.74) is 9.21. The Morgan fingerprint density at radius 3 is 2.71 bits per heavy atom. The number of hydrogen-bond acceptors (Lipinski definition) is 2. The Balaban J connectivity index is 1.63. The smallest absolute Gasteiger partial charge is 0.0174 e. The summed E-state index contributed by atoms with van der Waals surface area (Å²) in [5.74, 6) is 1.54. The summed E-state index contributed by atoms with van der Waals surface area (Å²) in [4.78, 5) is 2.65. The molecule has 1 aromatic carbocycles. The molecule has 0 bridgehead atoms. The van der Waals surface area contributed by atoms with Crippen molar-refractivity contribution in [3.8, 4) is 0 Å². The van der Waals surface area contributed by atoms with Gasteiger partial charge in [-0.1, -0.05) is 49.1 Å². The summed E-state index contributed by atoms with van der Waals surface area (Å²) in [6.07, 6.45) is 8.33. The van der Waals surface area contributed by atoms with Gasteiger partial charge in [0.05, 0.1) is 0 Å². The zero-order valence-corrected chi connectivity index (χ0v) is 13.4. The predicted molar refractivity (Wildman–Crippen MR) is 89.5 cm³/mol. The molecule has 1 saturated heterocycles. The van der Waals surface area contributed by atoms with Crippen LogP contribution in [0, 0.1) is 12.8 Å². The van der Waals surface area contributed by atoms with Gasteiger partial charge in [-0.25, -0.2) is 0 Å². The lowest BCUT2D eigenvalue weighted by Gasteiger charge is -2.39. The third-order valence-electron chi connectivity index (χ3n) is 5.31. The minimum absolute atomic E-state index is 0.341. The van der Waals surface area contributed by atoms with Crippen molar-refractivity contribution in [2.24, 2.45) is 11.7 Å². The van der Waals surface area contributed by atoms with Crippen molar-refractivity contribution in [2.45, 2.75) is 57.4 Å². The summed E-state index contributed by atoms with van der Waals surface area (Å²) in [6, 6.07) is 9.35. The second-order valence-electron chi connectivity index (χ2n) is 7.33. The van der Waals surface area contributed by atoms with Crippen LogP contribution in [0.2, 0.25) is 0 Å². The molecule has 2 heteroatoms. The zero-order valence-electron chi connectivity index (χ0n) is 13.4. The molecule has 1 heterocycles. The summed E-state index contributed by atoms with van der Waals surface area (Å²) >= 11 is 0. The fourth-order valence-corrected chi connectivity index (χ4v) is 4.28. The van der Waals surface area contributed by atoms with Crippen LogP contribution in [0.3, 0.4) is 0 Å². The van der Waals surface area contributed by atoms with E-state index in [-0.39, 0.29) is 0 Å². The molecule has 2 nitrogen and oxygen atoms in total. The summed E-state index contributed by atoms with van der Waals surface area (Å²) in [5, 5.41) is 0. The van der Waals surface area contributed by atoms with E-state index < -0.39 is 0 Å². The van der Waals surface area contributed by atoms with Crippen LogP contribution in [-0.4, -0.2) is 30.6 Å². The van der Waals surface area contributed by atoms with E-state index in [0.29, 0.717) is 12.0 Å². The molecule has 116 valence electrons. The quantitative estimate of drug-likeness (QED) is 0.918. The molecular formula is C19H30N2. The Morgan fingerprint density at radius 2 is 1.95 bits per heavy atom. The van der Waals surface area contributed by atoms with Crippen LogP contribution in [0.1, 0.15) is 55.6 Å². The van der Waals surface area contributed by atoms with Gasteiger partial charge in [-0.3, -0.25) is 0 Å². The van der Waals surface area contributed by atoms with E-state index in [1.165, 1.54) is 56.3 Å². The lowest BCUT2D eigenvalue weighted by Crippen LogP contribution is -2.47. The first-order valence-electron chi connectivity index (χ1n) is 8.75. The number of benzene rings is 1. The molecule has 1 aliphatic carbocycles. The van der Waals surface area contributed by atoms with Gasteiger partial charge in [-0.2, -0.15) is 0 Å². The van der Waals surface area contributed by atoms with Crippen molar-refractivity contribution in [3.05, 3.63) is 35.4 Å². The predicted octanol–water partition coefficient (Wildman–Crippen LogP) is 3.69. The average Bonchev–Trinajstić information content (AvgIpc) is 2.48. The Morgan fingerprint density at radius 1 is 1.14 bits per heavy atom. The second-order valence-corrected chi connectivity index (χ2v) is 7.33. The van der Waals surface area contributed by atoms with Gasteiger partial charge >= 0.3 is 0 Å². The van der Waals surface area contributed by atoms with Gasteiger partial charge in [0.2, 0.25) is 0 Å².